The van der Waals surface area contributed by atoms with E-state index in [9.17, 15) is 8.42 Å². The SMILES string of the molecule is O=S(=O)(Cl)C#CCC1CCOCC1. The minimum absolute atomic E-state index is 0.458. The van der Waals surface area contributed by atoms with Crippen LogP contribution < -0.4 is 0 Å². The molecule has 1 fully saturated rings. The van der Waals surface area contributed by atoms with Gasteiger partial charge in [-0.1, -0.05) is 5.92 Å². The van der Waals surface area contributed by atoms with Crippen LogP contribution in [0, 0.1) is 17.1 Å². The van der Waals surface area contributed by atoms with Gasteiger partial charge in [0.1, 0.15) is 0 Å². The summed E-state index contributed by atoms with van der Waals surface area (Å²) in [5, 5.41) is 2.02. The van der Waals surface area contributed by atoms with E-state index in [1.165, 1.54) is 0 Å². The predicted octanol–water partition coefficient (Wildman–Crippen LogP) is 1.33. The summed E-state index contributed by atoms with van der Waals surface area (Å²) in [6.07, 6.45) is 2.50. The average molecular weight is 223 g/mol. The summed E-state index contributed by atoms with van der Waals surface area (Å²) >= 11 is 0. The third-order valence-electron chi connectivity index (χ3n) is 1.93. The number of rotatable bonds is 1. The highest BCUT2D eigenvalue weighted by Gasteiger charge is 2.12. The minimum atomic E-state index is -3.65. The standard InChI is InChI=1S/C8H11ClO3S/c9-13(10,11)7-1-2-8-3-5-12-6-4-8/h8H,2-6H2. The van der Waals surface area contributed by atoms with E-state index < -0.39 is 9.05 Å². The molecule has 0 saturated carbocycles. The third kappa shape index (κ3) is 5.14. The Labute approximate surface area is 82.8 Å². The van der Waals surface area contributed by atoms with Crippen molar-refractivity contribution < 1.29 is 13.2 Å². The molecular weight excluding hydrogens is 212 g/mol. The third-order valence-corrected chi connectivity index (χ3v) is 2.55. The Balaban J connectivity index is 2.35. The lowest BCUT2D eigenvalue weighted by Gasteiger charge is -2.19. The maximum Gasteiger partial charge on any atom is 0.300 e. The first-order chi connectivity index (χ1) is 6.08. The molecule has 0 atom stereocenters. The van der Waals surface area contributed by atoms with Gasteiger partial charge in [-0.05, 0) is 18.8 Å². The fourth-order valence-corrected chi connectivity index (χ4v) is 1.64. The summed E-state index contributed by atoms with van der Waals surface area (Å²) < 4.78 is 26.0. The lowest BCUT2D eigenvalue weighted by atomic mass is 9.97. The molecule has 0 aromatic rings. The Morgan fingerprint density at radius 3 is 2.54 bits per heavy atom. The summed E-state index contributed by atoms with van der Waals surface area (Å²) in [7, 11) is 1.28. The molecule has 3 nitrogen and oxygen atoms in total. The quantitative estimate of drug-likeness (QED) is 0.497. The normalized spacial score (nSPS) is 19.2. The highest BCUT2D eigenvalue weighted by molar-refractivity contribution is 8.17. The predicted molar refractivity (Wildman–Crippen MR) is 50.7 cm³/mol. The van der Waals surface area contributed by atoms with Crippen molar-refractivity contribution >= 4 is 19.7 Å². The van der Waals surface area contributed by atoms with Gasteiger partial charge in [-0.15, -0.1) is 0 Å². The van der Waals surface area contributed by atoms with Crippen molar-refractivity contribution in [2.75, 3.05) is 13.2 Å². The van der Waals surface area contributed by atoms with Crippen LogP contribution in [0.1, 0.15) is 19.3 Å². The summed E-state index contributed by atoms with van der Waals surface area (Å²) in [6, 6.07) is 0. The van der Waals surface area contributed by atoms with Crippen LogP contribution in [0.15, 0.2) is 0 Å². The number of halogens is 1. The van der Waals surface area contributed by atoms with Crippen molar-refractivity contribution in [2.24, 2.45) is 5.92 Å². The molecule has 0 aliphatic carbocycles. The van der Waals surface area contributed by atoms with Gasteiger partial charge in [0, 0.05) is 35.6 Å². The van der Waals surface area contributed by atoms with Crippen molar-refractivity contribution in [3.63, 3.8) is 0 Å². The molecule has 0 spiro atoms. The van der Waals surface area contributed by atoms with E-state index in [1.807, 2.05) is 5.25 Å². The van der Waals surface area contributed by atoms with Crippen LogP contribution in [0.25, 0.3) is 0 Å². The van der Waals surface area contributed by atoms with E-state index in [1.54, 1.807) is 0 Å². The average Bonchev–Trinajstić information content (AvgIpc) is 2.04. The van der Waals surface area contributed by atoms with Gasteiger partial charge in [0.05, 0.1) is 0 Å². The van der Waals surface area contributed by atoms with E-state index >= 15 is 0 Å². The van der Waals surface area contributed by atoms with Crippen molar-refractivity contribution in [3.8, 4) is 11.2 Å². The molecule has 1 heterocycles. The van der Waals surface area contributed by atoms with E-state index in [0.29, 0.717) is 12.3 Å². The first-order valence-electron chi connectivity index (χ1n) is 4.10. The second-order valence-electron chi connectivity index (χ2n) is 2.98. The molecule has 0 aromatic heterocycles. The maximum atomic E-state index is 10.4. The molecule has 0 amide bonds. The first-order valence-corrected chi connectivity index (χ1v) is 6.41. The Bertz CT molecular complexity index is 306. The molecule has 0 aromatic carbocycles. The minimum Gasteiger partial charge on any atom is -0.381 e. The second kappa shape index (κ2) is 4.85. The molecule has 0 N–H and O–H groups in total. The van der Waals surface area contributed by atoms with Crippen molar-refractivity contribution in [1.82, 2.24) is 0 Å². The summed E-state index contributed by atoms with van der Waals surface area (Å²) in [5.41, 5.74) is 0. The molecule has 1 aliphatic heterocycles. The lowest BCUT2D eigenvalue weighted by Crippen LogP contribution is -2.14. The molecule has 5 heteroatoms. The second-order valence-corrected chi connectivity index (χ2v) is 5.28. The highest BCUT2D eigenvalue weighted by Crippen LogP contribution is 2.17. The molecule has 13 heavy (non-hydrogen) atoms. The van der Waals surface area contributed by atoms with Crippen LogP contribution in [0.5, 0.6) is 0 Å². The van der Waals surface area contributed by atoms with Crippen LogP contribution >= 0.6 is 10.7 Å². The molecule has 0 bridgehead atoms. The van der Waals surface area contributed by atoms with Crippen molar-refractivity contribution in [3.05, 3.63) is 0 Å². The summed E-state index contributed by atoms with van der Waals surface area (Å²) in [6.45, 7) is 1.50. The van der Waals surface area contributed by atoms with E-state index in [2.05, 4.69) is 5.92 Å². The zero-order valence-electron chi connectivity index (χ0n) is 7.12. The van der Waals surface area contributed by atoms with Gasteiger partial charge >= 0.3 is 9.05 Å². The zero-order valence-corrected chi connectivity index (χ0v) is 8.70. The maximum absolute atomic E-state index is 10.4. The van der Waals surface area contributed by atoms with E-state index in [0.717, 1.165) is 26.1 Å². The number of hydrogen-bond donors (Lipinski definition) is 0. The van der Waals surface area contributed by atoms with E-state index in [-0.39, 0.29) is 0 Å². The molecule has 0 unspecified atom stereocenters. The van der Waals surface area contributed by atoms with Crippen molar-refractivity contribution in [2.45, 2.75) is 19.3 Å². The Morgan fingerprint density at radius 2 is 2.00 bits per heavy atom. The van der Waals surface area contributed by atoms with Gasteiger partial charge in [0.15, 0.2) is 0 Å². The van der Waals surface area contributed by atoms with Crippen LogP contribution in [0.4, 0.5) is 0 Å². The van der Waals surface area contributed by atoms with Crippen LogP contribution in [-0.4, -0.2) is 21.6 Å². The van der Waals surface area contributed by atoms with Gasteiger partial charge in [-0.3, -0.25) is 0 Å². The Hall–Kier alpha value is -0.240. The Morgan fingerprint density at radius 1 is 1.38 bits per heavy atom. The zero-order chi connectivity index (χ0) is 9.73. The molecule has 1 rings (SSSR count). The lowest BCUT2D eigenvalue weighted by molar-refractivity contribution is 0.0679. The Kier molecular flexibility index (Phi) is 4.04. The van der Waals surface area contributed by atoms with E-state index in [4.69, 9.17) is 15.4 Å². The fraction of sp³-hybridized carbons (Fsp3) is 0.750. The molecule has 0 radical (unpaired) electrons. The highest BCUT2D eigenvalue weighted by atomic mass is 35.7. The monoisotopic (exact) mass is 222 g/mol. The number of hydrogen-bond acceptors (Lipinski definition) is 3. The van der Waals surface area contributed by atoms with Gasteiger partial charge < -0.3 is 4.74 Å². The fourth-order valence-electron chi connectivity index (χ4n) is 1.22. The van der Waals surface area contributed by atoms with Gasteiger partial charge in [0.25, 0.3) is 0 Å². The molecule has 74 valence electrons. The van der Waals surface area contributed by atoms with Crippen LogP contribution in [0.2, 0.25) is 0 Å². The number of ether oxygens (including phenoxy) is 1. The van der Waals surface area contributed by atoms with Gasteiger partial charge in [-0.2, -0.15) is 8.42 Å². The summed E-state index contributed by atoms with van der Waals surface area (Å²) in [4.78, 5) is 0. The van der Waals surface area contributed by atoms with Crippen LogP contribution in [0.3, 0.4) is 0 Å². The summed E-state index contributed by atoms with van der Waals surface area (Å²) in [5.74, 6) is 3.03. The topological polar surface area (TPSA) is 43.4 Å². The molecule has 1 saturated heterocycles. The molecule has 1 aliphatic rings. The van der Waals surface area contributed by atoms with Crippen LogP contribution in [-0.2, 0) is 13.8 Å². The largest absolute Gasteiger partial charge is 0.381 e. The smallest absolute Gasteiger partial charge is 0.300 e. The molecular formula is C8H11ClO3S. The van der Waals surface area contributed by atoms with Gasteiger partial charge in [0.2, 0.25) is 0 Å². The first kappa shape index (κ1) is 10.8. The van der Waals surface area contributed by atoms with Gasteiger partial charge in [-0.25, -0.2) is 0 Å². The van der Waals surface area contributed by atoms with Crippen molar-refractivity contribution in [1.29, 1.82) is 0 Å².